The molecule has 4 rings (SSSR count). The summed E-state index contributed by atoms with van der Waals surface area (Å²) >= 11 is 0. The van der Waals surface area contributed by atoms with Crippen molar-refractivity contribution in [1.82, 2.24) is 10.3 Å². The van der Waals surface area contributed by atoms with E-state index in [1.54, 1.807) is 54.9 Å². The summed E-state index contributed by atoms with van der Waals surface area (Å²) in [6.45, 7) is 2.45. The van der Waals surface area contributed by atoms with Crippen LogP contribution in [0.4, 0.5) is 5.69 Å². The van der Waals surface area contributed by atoms with Crippen molar-refractivity contribution >= 4 is 17.5 Å². The van der Waals surface area contributed by atoms with E-state index in [2.05, 4.69) is 10.3 Å². The van der Waals surface area contributed by atoms with E-state index < -0.39 is 11.9 Å². The molecule has 32 heavy (non-hydrogen) atoms. The van der Waals surface area contributed by atoms with Gasteiger partial charge in [0.15, 0.2) is 5.76 Å². The Balaban J connectivity index is 1.76. The van der Waals surface area contributed by atoms with Gasteiger partial charge in [0.05, 0.1) is 12.9 Å². The number of amides is 2. The summed E-state index contributed by atoms with van der Waals surface area (Å²) in [5.41, 5.74) is 1.18. The van der Waals surface area contributed by atoms with Crippen LogP contribution in [0.5, 0.6) is 5.75 Å². The Bertz CT molecular complexity index is 1010. The fraction of sp³-hybridized carbons (Fsp3) is 0.320. The summed E-state index contributed by atoms with van der Waals surface area (Å²) in [6, 6.07) is 13.2. The van der Waals surface area contributed by atoms with Gasteiger partial charge < -0.3 is 14.5 Å². The van der Waals surface area contributed by atoms with Gasteiger partial charge in [0.2, 0.25) is 5.91 Å². The quantitative estimate of drug-likeness (QED) is 0.565. The number of pyridine rings is 1. The minimum atomic E-state index is -0.903. The molecule has 0 unspecified atom stereocenters. The van der Waals surface area contributed by atoms with Crippen LogP contribution in [0.15, 0.2) is 71.6 Å². The molecule has 0 saturated heterocycles. The highest BCUT2D eigenvalue weighted by atomic mass is 16.5. The number of carbonyl (C=O) groups excluding carboxylic acids is 2. The van der Waals surface area contributed by atoms with Crippen LogP contribution in [0, 0.1) is 0 Å². The van der Waals surface area contributed by atoms with E-state index >= 15 is 0 Å². The average Bonchev–Trinajstić information content (AvgIpc) is 3.53. The Hall–Kier alpha value is -3.61. The van der Waals surface area contributed by atoms with E-state index in [1.807, 2.05) is 13.0 Å². The number of rotatable bonds is 8. The number of nitrogens with zero attached hydrogens (tertiary/aromatic N) is 2. The first-order valence-electron chi connectivity index (χ1n) is 11.0. The van der Waals surface area contributed by atoms with E-state index in [1.165, 1.54) is 11.2 Å². The Kier molecular flexibility index (Phi) is 6.84. The summed E-state index contributed by atoms with van der Waals surface area (Å²) in [7, 11) is 0. The second kappa shape index (κ2) is 10.1. The van der Waals surface area contributed by atoms with E-state index in [9.17, 15) is 9.59 Å². The van der Waals surface area contributed by atoms with Crippen LogP contribution < -0.4 is 15.0 Å². The number of hydrogen-bond acceptors (Lipinski definition) is 5. The molecule has 1 saturated carbocycles. The maximum absolute atomic E-state index is 13.6. The lowest BCUT2D eigenvalue weighted by atomic mass is 10.0. The molecule has 0 radical (unpaired) electrons. The third kappa shape index (κ3) is 4.82. The van der Waals surface area contributed by atoms with Gasteiger partial charge in [-0.3, -0.25) is 19.5 Å². The molecule has 2 heterocycles. The number of aromatic nitrogens is 1. The summed E-state index contributed by atoms with van der Waals surface area (Å²) in [5, 5.41) is 3.14. The molecule has 1 atom stereocenters. The molecule has 1 aromatic carbocycles. The smallest absolute Gasteiger partial charge is 0.294 e. The summed E-state index contributed by atoms with van der Waals surface area (Å²) < 4.78 is 10.9. The van der Waals surface area contributed by atoms with Gasteiger partial charge in [0, 0.05) is 29.7 Å². The zero-order chi connectivity index (χ0) is 22.3. The lowest BCUT2D eigenvalue weighted by Gasteiger charge is -2.31. The van der Waals surface area contributed by atoms with E-state index in [4.69, 9.17) is 9.15 Å². The number of carbonyl (C=O) groups is 2. The van der Waals surface area contributed by atoms with Crippen LogP contribution in [-0.4, -0.2) is 29.4 Å². The third-order valence-corrected chi connectivity index (χ3v) is 5.58. The first kappa shape index (κ1) is 21.6. The van der Waals surface area contributed by atoms with Gasteiger partial charge in [-0.05, 0) is 62.2 Å². The fourth-order valence-electron chi connectivity index (χ4n) is 4.08. The fourth-order valence-corrected chi connectivity index (χ4v) is 4.08. The molecule has 166 valence electrons. The molecule has 2 aromatic heterocycles. The van der Waals surface area contributed by atoms with Crippen LogP contribution in [-0.2, 0) is 4.79 Å². The molecular formula is C25H27N3O4. The van der Waals surface area contributed by atoms with Gasteiger partial charge in [-0.15, -0.1) is 0 Å². The van der Waals surface area contributed by atoms with E-state index in [-0.39, 0.29) is 17.7 Å². The zero-order valence-corrected chi connectivity index (χ0v) is 18.1. The van der Waals surface area contributed by atoms with Crippen molar-refractivity contribution in [3.63, 3.8) is 0 Å². The number of anilines is 1. The normalized spacial score (nSPS) is 14.7. The molecule has 1 aliphatic rings. The second-order valence-corrected chi connectivity index (χ2v) is 7.76. The molecule has 7 heteroatoms. The number of furan rings is 1. The number of nitrogens with one attached hydrogen (secondary N) is 1. The van der Waals surface area contributed by atoms with E-state index in [0.29, 0.717) is 23.6 Å². The first-order chi connectivity index (χ1) is 15.7. The largest absolute Gasteiger partial charge is 0.494 e. The maximum atomic E-state index is 13.6. The van der Waals surface area contributed by atoms with Crippen LogP contribution in [0.25, 0.3) is 0 Å². The molecule has 2 amide bonds. The van der Waals surface area contributed by atoms with Gasteiger partial charge in [0.1, 0.15) is 11.8 Å². The highest BCUT2D eigenvalue weighted by Crippen LogP contribution is 2.31. The zero-order valence-electron chi connectivity index (χ0n) is 18.1. The van der Waals surface area contributed by atoms with Gasteiger partial charge in [0.25, 0.3) is 5.91 Å². The molecule has 0 spiro atoms. The number of benzene rings is 1. The Morgan fingerprint density at radius 3 is 2.56 bits per heavy atom. The van der Waals surface area contributed by atoms with Gasteiger partial charge in [-0.2, -0.15) is 0 Å². The predicted octanol–water partition coefficient (Wildman–Crippen LogP) is 4.52. The minimum absolute atomic E-state index is 0.113. The van der Waals surface area contributed by atoms with Crippen molar-refractivity contribution in [2.75, 3.05) is 11.5 Å². The van der Waals surface area contributed by atoms with Crippen molar-refractivity contribution < 1.29 is 18.7 Å². The topological polar surface area (TPSA) is 84.7 Å². The summed E-state index contributed by atoms with van der Waals surface area (Å²) in [4.78, 5) is 32.8. The molecule has 0 aliphatic heterocycles. The van der Waals surface area contributed by atoms with Crippen molar-refractivity contribution in [2.45, 2.75) is 44.7 Å². The first-order valence-corrected chi connectivity index (χ1v) is 11.0. The molecule has 1 fully saturated rings. The number of hydrogen-bond donors (Lipinski definition) is 1. The van der Waals surface area contributed by atoms with Crippen LogP contribution in [0.1, 0.15) is 54.8 Å². The Morgan fingerprint density at radius 2 is 1.94 bits per heavy atom. The van der Waals surface area contributed by atoms with Gasteiger partial charge in [-0.25, -0.2) is 0 Å². The standard InChI is InChI=1S/C25H27N3O4/c1-2-31-21-13-11-20(12-14-21)28(25(30)22-10-6-16-32-22)23(18-7-5-15-26-17-18)24(29)27-19-8-3-4-9-19/h5-7,10-17,19,23H,2-4,8-9H2,1H3,(H,27,29)/t23-/m1/s1. The Morgan fingerprint density at radius 1 is 1.16 bits per heavy atom. The number of ether oxygens (including phenoxy) is 1. The van der Waals surface area contributed by atoms with Crippen molar-refractivity contribution in [2.24, 2.45) is 0 Å². The Labute approximate surface area is 187 Å². The lowest BCUT2D eigenvalue weighted by Crippen LogP contribution is -2.46. The maximum Gasteiger partial charge on any atom is 0.294 e. The van der Waals surface area contributed by atoms with Gasteiger partial charge >= 0.3 is 0 Å². The third-order valence-electron chi connectivity index (χ3n) is 5.58. The van der Waals surface area contributed by atoms with Crippen molar-refractivity contribution in [3.8, 4) is 5.75 Å². The van der Waals surface area contributed by atoms with Crippen molar-refractivity contribution in [1.29, 1.82) is 0 Å². The molecule has 1 N–H and O–H groups in total. The molecule has 3 aromatic rings. The second-order valence-electron chi connectivity index (χ2n) is 7.76. The monoisotopic (exact) mass is 433 g/mol. The highest BCUT2D eigenvalue weighted by molar-refractivity contribution is 6.08. The molecular weight excluding hydrogens is 406 g/mol. The highest BCUT2D eigenvalue weighted by Gasteiger charge is 2.35. The van der Waals surface area contributed by atoms with Crippen molar-refractivity contribution in [3.05, 3.63) is 78.5 Å². The van der Waals surface area contributed by atoms with E-state index in [0.717, 1.165) is 25.7 Å². The summed E-state index contributed by atoms with van der Waals surface area (Å²) in [6.07, 6.45) is 8.79. The SMILES string of the molecule is CCOc1ccc(N(C(=O)c2ccco2)[C@@H](C(=O)NC2CCCC2)c2cccnc2)cc1. The molecule has 1 aliphatic carbocycles. The summed E-state index contributed by atoms with van der Waals surface area (Å²) in [5.74, 6) is 0.199. The average molecular weight is 434 g/mol. The van der Waals surface area contributed by atoms with Crippen LogP contribution >= 0.6 is 0 Å². The van der Waals surface area contributed by atoms with Crippen LogP contribution in [0.3, 0.4) is 0 Å². The molecule has 7 nitrogen and oxygen atoms in total. The van der Waals surface area contributed by atoms with Crippen LogP contribution in [0.2, 0.25) is 0 Å². The van der Waals surface area contributed by atoms with Gasteiger partial charge in [-0.1, -0.05) is 18.9 Å². The predicted molar refractivity (Wildman–Crippen MR) is 121 cm³/mol. The molecule has 0 bridgehead atoms. The lowest BCUT2D eigenvalue weighted by molar-refractivity contribution is -0.123. The minimum Gasteiger partial charge on any atom is -0.494 e.